The van der Waals surface area contributed by atoms with E-state index in [4.69, 9.17) is 0 Å². The summed E-state index contributed by atoms with van der Waals surface area (Å²) in [5.74, 6) is -1.22. The summed E-state index contributed by atoms with van der Waals surface area (Å²) in [6.07, 6.45) is -3.91. The molecule has 2 aliphatic rings. The van der Waals surface area contributed by atoms with Crippen molar-refractivity contribution in [2.75, 3.05) is 33.2 Å². The van der Waals surface area contributed by atoms with Gasteiger partial charge in [0, 0.05) is 45.6 Å². The molecule has 2 atom stereocenters. The minimum absolute atomic E-state index is 0.0150. The summed E-state index contributed by atoms with van der Waals surface area (Å²) in [5.41, 5.74) is 1.69. The number of fused-ring (bicyclic) bond motifs is 1. The van der Waals surface area contributed by atoms with Crippen LogP contribution in [0.5, 0.6) is 0 Å². The van der Waals surface area contributed by atoms with Crippen LogP contribution in [-0.2, 0) is 17.6 Å². The molecule has 160 valence electrons. The van der Waals surface area contributed by atoms with Gasteiger partial charge in [-0.25, -0.2) is 0 Å². The number of nitrogens with zero attached hydrogens (tertiary/aromatic N) is 2. The molecule has 1 amide bonds. The van der Waals surface area contributed by atoms with Gasteiger partial charge >= 0.3 is 6.30 Å². The lowest BCUT2D eigenvalue weighted by molar-refractivity contribution is -0.239. The van der Waals surface area contributed by atoms with Crippen LogP contribution in [0.4, 0.5) is 13.2 Å². The van der Waals surface area contributed by atoms with Crippen LogP contribution in [0.2, 0.25) is 0 Å². The molecule has 1 heterocycles. The molecule has 1 fully saturated rings. The Balaban J connectivity index is 1.84. The Hall–Kier alpha value is -2.38. The van der Waals surface area contributed by atoms with E-state index in [2.05, 4.69) is 5.32 Å². The highest BCUT2D eigenvalue weighted by molar-refractivity contribution is 5.89. The Kier molecular flexibility index (Phi) is 5.59. The molecule has 0 saturated carbocycles. The first kappa shape index (κ1) is 20.9. The van der Waals surface area contributed by atoms with Crippen LogP contribution in [0, 0.1) is 0 Å². The lowest BCUT2D eigenvalue weighted by Gasteiger charge is -2.47. The number of carbonyl (C=O) groups is 1. The molecule has 1 aliphatic carbocycles. The molecule has 1 aliphatic heterocycles. The van der Waals surface area contributed by atoms with Gasteiger partial charge in [0.2, 0.25) is 0 Å². The summed E-state index contributed by atoms with van der Waals surface area (Å²) < 4.78 is 40.9. The second-order valence-corrected chi connectivity index (χ2v) is 8.11. The number of halogens is 3. The van der Waals surface area contributed by atoms with Crippen LogP contribution >= 0.6 is 0 Å². The van der Waals surface area contributed by atoms with Crippen molar-refractivity contribution in [2.24, 2.45) is 0 Å². The third-order valence-corrected chi connectivity index (χ3v) is 6.49. The molecule has 0 aromatic heterocycles. The number of amides is 1. The topological polar surface area (TPSA) is 35.6 Å². The van der Waals surface area contributed by atoms with E-state index < -0.39 is 17.7 Å². The van der Waals surface area contributed by atoms with Crippen molar-refractivity contribution in [3.63, 3.8) is 0 Å². The van der Waals surface area contributed by atoms with E-state index in [1.807, 2.05) is 59.5 Å². The van der Waals surface area contributed by atoms with Crippen molar-refractivity contribution in [1.29, 1.82) is 0 Å². The highest BCUT2D eigenvalue weighted by Crippen LogP contribution is 2.48. The van der Waals surface area contributed by atoms with Crippen molar-refractivity contribution < 1.29 is 18.0 Å². The number of hydrogen-bond acceptors (Lipinski definition) is 3. The maximum Gasteiger partial charge on any atom is 0.486 e. The molecule has 0 spiro atoms. The number of piperazine rings is 1. The summed E-state index contributed by atoms with van der Waals surface area (Å²) in [5, 5.41) is 3.25. The zero-order valence-corrected chi connectivity index (χ0v) is 17.0. The van der Waals surface area contributed by atoms with Gasteiger partial charge in [-0.15, -0.1) is 13.2 Å². The van der Waals surface area contributed by atoms with E-state index in [1.54, 1.807) is 0 Å². The van der Waals surface area contributed by atoms with Crippen LogP contribution in [0.3, 0.4) is 0 Å². The molecule has 1 N–H and O–H groups in total. The molecule has 4 rings (SSSR count). The molecular weight excluding hydrogens is 391 g/mol. The van der Waals surface area contributed by atoms with Crippen molar-refractivity contribution in [3.05, 3.63) is 71.3 Å². The highest BCUT2D eigenvalue weighted by Gasteiger charge is 2.58. The number of carbonyl (C=O) groups excluding carboxylic acids is 1. The molecule has 2 unspecified atom stereocenters. The van der Waals surface area contributed by atoms with Gasteiger partial charge < -0.3 is 5.32 Å². The number of benzene rings is 2. The van der Waals surface area contributed by atoms with Crippen LogP contribution in [0.25, 0.3) is 0 Å². The minimum Gasteiger partial charge on any atom is -0.314 e. The molecule has 0 radical (unpaired) electrons. The zero-order valence-electron chi connectivity index (χ0n) is 17.0. The SMILES string of the molecule is CN(C(=O)C1(N2CCNCC2)Cc2ccccc2C1Cc1ccccc1)C(F)(F)F. The Bertz CT molecular complexity index is 896. The highest BCUT2D eigenvalue weighted by atomic mass is 19.4. The van der Waals surface area contributed by atoms with Crippen molar-refractivity contribution in [1.82, 2.24) is 15.1 Å². The molecule has 0 bridgehead atoms. The lowest BCUT2D eigenvalue weighted by atomic mass is 9.77. The fraction of sp³-hybridized carbons (Fsp3) is 0.435. The number of alkyl halides is 3. The van der Waals surface area contributed by atoms with Gasteiger partial charge in [-0.2, -0.15) is 0 Å². The van der Waals surface area contributed by atoms with Gasteiger partial charge in [0.1, 0.15) is 5.54 Å². The predicted octanol–water partition coefficient (Wildman–Crippen LogP) is 3.19. The molecule has 1 saturated heterocycles. The zero-order chi connectivity index (χ0) is 21.4. The summed E-state index contributed by atoms with van der Waals surface area (Å²) in [6, 6.07) is 17.4. The van der Waals surface area contributed by atoms with E-state index in [0.29, 0.717) is 39.0 Å². The maximum atomic E-state index is 13.6. The van der Waals surface area contributed by atoms with Gasteiger partial charge in [-0.3, -0.25) is 14.6 Å². The van der Waals surface area contributed by atoms with E-state index >= 15 is 0 Å². The van der Waals surface area contributed by atoms with E-state index in [1.165, 1.54) is 0 Å². The average molecular weight is 417 g/mol. The lowest BCUT2D eigenvalue weighted by Crippen LogP contribution is -2.66. The summed E-state index contributed by atoms with van der Waals surface area (Å²) in [7, 11) is 0.856. The molecular formula is C23H26F3N3O. The number of rotatable bonds is 4. The Morgan fingerprint density at radius 1 is 1.10 bits per heavy atom. The maximum absolute atomic E-state index is 13.6. The Labute approximate surface area is 174 Å². The van der Waals surface area contributed by atoms with Crippen LogP contribution < -0.4 is 5.32 Å². The van der Waals surface area contributed by atoms with E-state index in [0.717, 1.165) is 23.7 Å². The van der Waals surface area contributed by atoms with Gasteiger partial charge in [-0.1, -0.05) is 54.6 Å². The number of nitrogens with one attached hydrogen (secondary N) is 1. The average Bonchev–Trinajstić information content (AvgIpc) is 3.08. The molecule has 7 heteroatoms. The van der Waals surface area contributed by atoms with E-state index in [-0.39, 0.29) is 10.8 Å². The quantitative estimate of drug-likeness (QED) is 0.777. The third-order valence-electron chi connectivity index (χ3n) is 6.49. The third kappa shape index (κ3) is 3.61. The van der Waals surface area contributed by atoms with Crippen molar-refractivity contribution in [3.8, 4) is 0 Å². The van der Waals surface area contributed by atoms with Crippen LogP contribution in [0.15, 0.2) is 54.6 Å². The smallest absolute Gasteiger partial charge is 0.314 e. The second kappa shape index (κ2) is 8.04. The van der Waals surface area contributed by atoms with Gasteiger partial charge in [0.25, 0.3) is 5.91 Å². The molecule has 2 aromatic carbocycles. The van der Waals surface area contributed by atoms with Gasteiger partial charge in [-0.05, 0) is 23.1 Å². The Morgan fingerprint density at radius 2 is 1.73 bits per heavy atom. The first-order valence-corrected chi connectivity index (χ1v) is 10.3. The first-order valence-electron chi connectivity index (χ1n) is 10.3. The van der Waals surface area contributed by atoms with Gasteiger partial charge in [0.15, 0.2) is 0 Å². The summed E-state index contributed by atoms with van der Waals surface area (Å²) in [6.45, 7) is 2.38. The van der Waals surface area contributed by atoms with Crippen LogP contribution in [-0.4, -0.2) is 60.8 Å². The normalized spacial score (nSPS) is 24.5. The predicted molar refractivity (Wildman–Crippen MR) is 109 cm³/mol. The number of hydrogen-bond donors (Lipinski definition) is 1. The Morgan fingerprint density at radius 3 is 2.40 bits per heavy atom. The molecule has 4 nitrogen and oxygen atoms in total. The standard InChI is InChI=1S/C23H26F3N3O/c1-28(23(24,25)26)21(30)22(29-13-11-27-12-14-29)16-18-9-5-6-10-19(18)20(22)15-17-7-3-2-4-8-17/h2-10,20,27H,11-16H2,1H3. The monoisotopic (exact) mass is 417 g/mol. The minimum atomic E-state index is -4.72. The number of likely N-dealkylation sites (N-methyl/N-ethyl adjacent to an activating group) is 1. The van der Waals surface area contributed by atoms with E-state index in [9.17, 15) is 18.0 Å². The van der Waals surface area contributed by atoms with Crippen molar-refractivity contribution in [2.45, 2.75) is 30.6 Å². The fourth-order valence-electron chi connectivity index (χ4n) is 5.00. The first-order chi connectivity index (χ1) is 14.3. The second-order valence-electron chi connectivity index (χ2n) is 8.11. The van der Waals surface area contributed by atoms with Crippen molar-refractivity contribution >= 4 is 5.91 Å². The van der Waals surface area contributed by atoms with Gasteiger partial charge in [0.05, 0.1) is 0 Å². The largest absolute Gasteiger partial charge is 0.486 e. The molecule has 2 aromatic rings. The summed E-state index contributed by atoms with van der Waals surface area (Å²) in [4.78, 5) is 15.6. The van der Waals surface area contributed by atoms with Crippen LogP contribution in [0.1, 0.15) is 22.6 Å². The summed E-state index contributed by atoms with van der Waals surface area (Å²) >= 11 is 0. The fourth-order valence-corrected chi connectivity index (χ4v) is 5.00. The molecule has 30 heavy (non-hydrogen) atoms.